The van der Waals surface area contributed by atoms with Crippen molar-refractivity contribution in [3.8, 4) is 6.07 Å². The lowest BCUT2D eigenvalue weighted by Gasteiger charge is -1.91. The molecular formula is C14H8N4O2S. The fourth-order valence-corrected chi connectivity index (χ4v) is 2.66. The molecule has 0 saturated carbocycles. The Morgan fingerprint density at radius 3 is 2.86 bits per heavy atom. The van der Waals surface area contributed by atoms with Gasteiger partial charge >= 0.3 is 5.00 Å². The first kappa shape index (κ1) is 13.0. The maximum atomic E-state index is 10.7. The number of allylic oxidation sites excluding steroid dienone is 1. The van der Waals surface area contributed by atoms with Gasteiger partial charge in [-0.1, -0.05) is 23.5 Å². The Labute approximate surface area is 123 Å². The van der Waals surface area contributed by atoms with Crippen molar-refractivity contribution in [2.24, 2.45) is 0 Å². The van der Waals surface area contributed by atoms with E-state index in [-0.39, 0.29) is 5.00 Å². The highest BCUT2D eigenvalue weighted by atomic mass is 32.1. The second-order valence-electron chi connectivity index (χ2n) is 4.21. The molecule has 0 bridgehead atoms. The highest BCUT2D eigenvalue weighted by Gasteiger charge is 2.11. The molecule has 6 nitrogen and oxygen atoms in total. The summed E-state index contributed by atoms with van der Waals surface area (Å²) in [6.45, 7) is 0. The minimum Gasteiger partial charge on any atom is -0.337 e. The third-order valence-corrected chi connectivity index (χ3v) is 3.83. The van der Waals surface area contributed by atoms with Crippen molar-refractivity contribution in [1.82, 2.24) is 9.97 Å². The van der Waals surface area contributed by atoms with Gasteiger partial charge in [0.2, 0.25) is 0 Å². The molecule has 7 heteroatoms. The van der Waals surface area contributed by atoms with Crippen molar-refractivity contribution in [3.63, 3.8) is 0 Å². The van der Waals surface area contributed by atoms with Gasteiger partial charge in [0, 0.05) is 10.9 Å². The smallest absolute Gasteiger partial charge is 0.324 e. The van der Waals surface area contributed by atoms with Crippen molar-refractivity contribution >= 4 is 39.0 Å². The standard InChI is InChI=1S/C14H8N4O2S/c15-8-9(7-10-5-6-13(21-10)18(19)20)14-16-11-3-1-2-4-12(11)17-14/h1-7H,(H,16,17). The second-order valence-corrected chi connectivity index (χ2v) is 5.30. The quantitative estimate of drug-likeness (QED) is 0.453. The number of benzene rings is 1. The van der Waals surface area contributed by atoms with Gasteiger partial charge in [0.1, 0.15) is 11.9 Å². The van der Waals surface area contributed by atoms with Crippen LogP contribution in [-0.2, 0) is 0 Å². The van der Waals surface area contributed by atoms with E-state index in [1.165, 1.54) is 6.07 Å². The largest absolute Gasteiger partial charge is 0.337 e. The SMILES string of the molecule is N#CC(=Cc1ccc([N+](=O)[O-])s1)c1nc2ccccc2[nH]1. The average Bonchev–Trinajstić information content (AvgIpc) is 3.11. The summed E-state index contributed by atoms with van der Waals surface area (Å²) in [5.74, 6) is 0.453. The lowest BCUT2D eigenvalue weighted by molar-refractivity contribution is -0.380. The molecule has 0 amide bonds. The van der Waals surface area contributed by atoms with E-state index in [1.54, 1.807) is 12.1 Å². The summed E-state index contributed by atoms with van der Waals surface area (Å²) in [7, 11) is 0. The van der Waals surface area contributed by atoms with Crippen molar-refractivity contribution in [3.05, 3.63) is 57.2 Å². The molecular weight excluding hydrogens is 288 g/mol. The summed E-state index contributed by atoms with van der Waals surface area (Å²) in [5.41, 5.74) is 1.94. The Kier molecular flexibility index (Phi) is 3.22. The molecule has 0 aliphatic carbocycles. The fourth-order valence-electron chi connectivity index (χ4n) is 1.89. The number of imidazole rings is 1. The molecule has 0 unspecified atom stereocenters. The van der Waals surface area contributed by atoms with E-state index < -0.39 is 4.92 Å². The zero-order valence-corrected chi connectivity index (χ0v) is 11.4. The van der Waals surface area contributed by atoms with Crippen LogP contribution in [0.15, 0.2) is 36.4 Å². The Bertz CT molecular complexity index is 868. The predicted molar refractivity (Wildman–Crippen MR) is 80.6 cm³/mol. The third kappa shape index (κ3) is 2.52. The van der Waals surface area contributed by atoms with Crippen molar-refractivity contribution in [2.45, 2.75) is 0 Å². The lowest BCUT2D eigenvalue weighted by Crippen LogP contribution is -1.83. The highest BCUT2D eigenvalue weighted by Crippen LogP contribution is 2.27. The number of nitriles is 1. The lowest BCUT2D eigenvalue weighted by atomic mass is 10.2. The summed E-state index contributed by atoms with van der Waals surface area (Å²) in [4.78, 5) is 18.3. The molecule has 102 valence electrons. The van der Waals surface area contributed by atoms with Gasteiger partial charge in [0.25, 0.3) is 0 Å². The predicted octanol–water partition coefficient (Wildman–Crippen LogP) is 3.60. The molecule has 0 aliphatic heterocycles. The van der Waals surface area contributed by atoms with Crippen LogP contribution in [0.1, 0.15) is 10.7 Å². The minimum atomic E-state index is -0.449. The molecule has 2 aromatic heterocycles. The van der Waals surface area contributed by atoms with Gasteiger partial charge < -0.3 is 4.98 Å². The van der Waals surface area contributed by atoms with Crippen LogP contribution in [0, 0.1) is 21.4 Å². The number of nitro groups is 1. The van der Waals surface area contributed by atoms with Gasteiger partial charge in [0.05, 0.1) is 21.5 Å². The van der Waals surface area contributed by atoms with Gasteiger partial charge in [-0.3, -0.25) is 10.1 Å². The number of nitrogens with zero attached hydrogens (tertiary/aromatic N) is 3. The normalized spacial score (nSPS) is 11.5. The van der Waals surface area contributed by atoms with E-state index in [9.17, 15) is 15.4 Å². The second kappa shape index (κ2) is 5.19. The number of fused-ring (bicyclic) bond motifs is 1. The van der Waals surface area contributed by atoms with Crippen LogP contribution in [0.4, 0.5) is 5.00 Å². The summed E-state index contributed by atoms with van der Waals surface area (Å²) >= 11 is 1.02. The summed E-state index contributed by atoms with van der Waals surface area (Å²) in [5, 5.41) is 20.0. The third-order valence-electron chi connectivity index (χ3n) is 2.84. The van der Waals surface area contributed by atoms with E-state index >= 15 is 0 Å². The first-order valence-corrected chi connectivity index (χ1v) is 6.80. The number of nitrogens with one attached hydrogen (secondary N) is 1. The van der Waals surface area contributed by atoms with Crippen molar-refractivity contribution in [1.29, 1.82) is 5.26 Å². The van der Waals surface area contributed by atoms with Crippen molar-refractivity contribution < 1.29 is 4.92 Å². The number of rotatable bonds is 3. The molecule has 0 atom stereocenters. The molecule has 21 heavy (non-hydrogen) atoms. The van der Waals surface area contributed by atoms with Crippen LogP contribution < -0.4 is 0 Å². The molecule has 1 aromatic carbocycles. The number of para-hydroxylation sites is 2. The van der Waals surface area contributed by atoms with Crippen LogP contribution in [0.2, 0.25) is 0 Å². The molecule has 0 fully saturated rings. The molecule has 0 saturated heterocycles. The highest BCUT2D eigenvalue weighted by molar-refractivity contribution is 7.16. The number of aromatic amines is 1. The zero-order chi connectivity index (χ0) is 14.8. The maximum Gasteiger partial charge on any atom is 0.324 e. The van der Waals surface area contributed by atoms with Gasteiger partial charge in [-0.15, -0.1) is 0 Å². The van der Waals surface area contributed by atoms with Gasteiger partial charge in [-0.2, -0.15) is 5.26 Å². The van der Waals surface area contributed by atoms with E-state index in [0.29, 0.717) is 16.3 Å². The topological polar surface area (TPSA) is 95.6 Å². The van der Waals surface area contributed by atoms with Crippen LogP contribution in [-0.4, -0.2) is 14.9 Å². The molecule has 0 radical (unpaired) electrons. The fraction of sp³-hybridized carbons (Fsp3) is 0. The Hall–Kier alpha value is -2.98. The number of hydrogen-bond acceptors (Lipinski definition) is 5. The van der Waals surface area contributed by atoms with E-state index in [2.05, 4.69) is 16.0 Å². The monoisotopic (exact) mass is 296 g/mol. The van der Waals surface area contributed by atoms with E-state index in [1.807, 2.05) is 24.3 Å². The molecule has 0 spiro atoms. The van der Waals surface area contributed by atoms with Crippen LogP contribution in [0.25, 0.3) is 22.7 Å². The van der Waals surface area contributed by atoms with Crippen LogP contribution >= 0.6 is 11.3 Å². The summed E-state index contributed by atoms with van der Waals surface area (Å²) in [6, 6.07) is 12.6. The van der Waals surface area contributed by atoms with Gasteiger partial charge in [-0.05, 0) is 24.3 Å². The Morgan fingerprint density at radius 1 is 1.38 bits per heavy atom. The molecule has 2 heterocycles. The Balaban J connectivity index is 2.02. The molecule has 0 aliphatic rings. The number of hydrogen-bond donors (Lipinski definition) is 1. The van der Waals surface area contributed by atoms with Crippen LogP contribution in [0.5, 0.6) is 0 Å². The van der Waals surface area contributed by atoms with Gasteiger partial charge in [-0.25, -0.2) is 4.98 Å². The first-order chi connectivity index (χ1) is 10.2. The molecule has 1 N–H and O–H groups in total. The number of H-pyrrole nitrogens is 1. The Morgan fingerprint density at radius 2 is 2.19 bits per heavy atom. The summed E-state index contributed by atoms with van der Waals surface area (Å²) in [6.07, 6.45) is 1.59. The van der Waals surface area contributed by atoms with Crippen LogP contribution in [0.3, 0.4) is 0 Å². The maximum absolute atomic E-state index is 10.7. The summed E-state index contributed by atoms with van der Waals surface area (Å²) < 4.78 is 0. The van der Waals surface area contributed by atoms with Crippen molar-refractivity contribution in [2.75, 3.05) is 0 Å². The molecule has 3 aromatic rings. The average molecular weight is 296 g/mol. The number of thiophene rings is 1. The van der Waals surface area contributed by atoms with E-state index in [4.69, 9.17) is 0 Å². The minimum absolute atomic E-state index is 0.0446. The van der Waals surface area contributed by atoms with Gasteiger partial charge in [0.15, 0.2) is 0 Å². The first-order valence-electron chi connectivity index (χ1n) is 5.98. The molecule has 3 rings (SSSR count). The number of aromatic nitrogens is 2. The zero-order valence-electron chi connectivity index (χ0n) is 10.6. The van der Waals surface area contributed by atoms with E-state index in [0.717, 1.165) is 22.4 Å².